The summed E-state index contributed by atoms with van der Waals surface area (Å²) in [6.07, 6.45) is 3.75. The zero-order valence-electron chi connectivity index (χ0n) is 23.3. The first-order chi connectivity index (χ1) is 19.2. The van der Waals surface area contributed by atoms with Gasteiger partial charge in [-0.05, 0) is 44.4 Å². The third-order valence-corrected chi connectivity index (χ3v) is 9.38. The molecule has 0 bridgehead atoms. The van der Waals surface area contributed by atoms with E-state index in [1.54, 1.807) is 20.4 Å². The normalized spacial score (nSPS) is 17.1. The number of aromatic nitrogens is 2. The Labute approximate surface area is 241 Å². The molecule has 0 unspecified atom stereocenters. The molecule has 2 aliphatic rings. The van der Waals surface area contributed by atoms with Gasteiger partial charge in [0.05, 0.1) is 36.1 Å². The maximum absolute atomic E-state index is 12.8. The van der Waals surface area contributed by atoms with Gasteiger partial charge in [0, 0.05) is 56.7 Å². The average molecular weight is 585 g/mol. The number of rotatable bonds is 8. The number of nitrogens with one attached hydrogen (secondary N) is 3. The monoisotopic (exact) mass is 584 g/mol. The number of benzene rings is 2. The van der Waals surface area contributed by atoms with Gasteiger partial charge in [0.15, 0.2) is 5.82 Å². The zero-order valence-corrected chi connectivity index (χ0v) is 24.9. The lowest BCUT2D eigenvalue weighted by Gasteiger charge is -2.41. The molecule has 3 heterocycles. The maximum Gasteiger partial charge on any atom is 0.229 e. The molecule has 2 fully saturated rings. The number of halogens is 1. The molecule has 5 N–H and O–H groups in total. The van der Waals surface area contributed by atoms with Crippen LogP contribution in [0, 0.1) is 0 Å². The van der Waals surface area contributed by atoms with E-state index in [0.29, 0.717) is 45.6 Å². The van der Waals surface area contributed by atoms with Crippen LogP contribution in [0.5, 0.6) is 5.75 Å². The largest absolute Gasteiger partial charge is 0.494 e. The number of ether oxygens (including phenoxy) is 1. The first kappa shape index (κ1) is 28.5. The maximum atomic E-state index is 12.8. The Morgan fingerprint density at radius 2 is 1.80 bits per heavy atom. The van der Waals surface area contributed by atoms with Crippen molar-refractivity contribution in [2.45, 2.75) is 18.9 Å². The van der Waals surface area contributed by atoms with Crippen molar-refractivity contribution in [2.75, 3.05) is 81.0 Å². The van der Waals surface area contributed by atoms with Crippen molar-refractivity contribution in [1.29, 1.82) is 0 Å². The highest BCUT2D eigenvalue weighted by molar-refractivity contribution is 7.70. The number of nitrogen functional groups attached to an aromatic ring is 1. The number of nitrogens with two attached hydrogens (primary N) is 1. The van der Waals surface area contributed by atoms with Gasteiger partial charge in [-0.15, -0.1) is 0 Å². The summed E-state index contributed by atoms with van der Waals surface area (Å²) in [7, 11) is -0.886. The van der Waals surface area contributed by atoms with E-state index in [1.807, 2.05) is 36.4 Å². The zero-order chi connectivity index (χ0) is 28.3. The van der Waals surface area contributed by atoms with Crippen LogP contribution in [0.2, 0.25) is 5.02 Å². The van der Waals surface area contributed by atoms with Crippen LogP contribution in [0.1, 0.15) is 12.8 Å². The number of hydrogen-bond donors (Lipinski definition) is 4. The Balaban J connectivity index is 1.32. The number of anilines is 6. The second-order valence-electron chi connectivity index (χ2n) is 10.6. The number of methoxy groups -OCH3 is 1. The predicted molar refractivity (Wildman–Crippen MR) is 166 cm³/mol. The van der Waals surface area contributed by atoms with Crippen molar-refractivity contribution in [3.05, 3.63) is 47.6 Å². The first-order valence-corrected chi connectivity index (χ1v) is 16.6. The summed E-state index contributed by atoms with van der Waals surface area (Å²) in [5.74, 6) is 1.36. The highest BCUT2D eigenvalue weighted by Crippen LogP contribution is 2.40. The van der Waals surface area contributed by atoms with Crippen molar-refractivity contribution in [1.82, 2.24) is 20.2 Å². The van der Waals surface area contributed by atoms with E-state index < -0.39 is 7.14 Å². The van der Waals surface area contributed by atoms with Crippen LogP contribution in [0.15, 0.2) is 42.6 Å². The Morgan fingerprint density at radius 1 is 1.07 bits per heavy atom. The summed E-state index contributed by atoms with van der Waals surface area (Å²) in [5, 5.41) is 11.0. The van der Waals surface area contributed by atoms with E-state index in [1.165, 1.54) is 6.20 Å². The van der Waals surface area contributed by atoms with Crippen LogP contribution in [0.4, 0.5) is 34.5 Å². The fourth-order valence-electron chi connectivity index (χ4n) is 5.46. The summed E-state index contributed by atoms with van der Waals surface area (Å²) in [6, 6.07) is 11.9. The summed E-state index contributed by atoms with van der Waals surface area (Å²) >= 11 is 6.43. The number of piperidine rings is 1. The summed E-state index contributed by atoms with van der Waals surface area (Å²) in [4.78, 5) is 13.9. The number of nitrogens with zero attached hydrogens (tertiary/aromatic N) is 4. The lowest BCUT2D eigenvalue weighted by atomic mass is 10.0. The van der Waals surface area contributed by atoms with Gasteiger partial charge in [-0.3, -0.25) is 4.90 Å². The van der Waals surface area contributed by atoms with E-state index in [-0.39, 0.29) is 0 Å². The molecule has 0 amide bonds. The molecule has 214 valence electrons. The van der Waals surface area contributed by atoms with E-state index in [4.69, 9.17) is 22.1 Å². The summed E-state index contributed by atoms with van der Waals surface area (Å²) < 4.78 is 18.5. The molecule has 0 atom stereocenters. The van der Waals surface area contributed by atoms with E-state index >= 15 is 0 Å². The van der Waals surface area contributed by atoms with Crippen LogP contribution in [0.25, 0.3) is 0 Å². The minimum Gasteiger partial charge on any atom is -0.494 e. The van der Waals surface area contributed by atoms with Gasteiger partial charge in [0.25, 0.3) is 0 Å². The van der Waals surface area contributed by atoms with Crippen LogP contribution in [0.3, 0.4) is 0 Å². The molecule has 0 radical (unpaired) electrons. The molecule has 0 spiro atoms. The molecule has 2 aliphatic heterocycles. The molecule has 2 saturated heterocycles. The fourth-order valence-corrected chi connectivity index (χ4v) is 6.75. The smallest absolute Gasteiger partial charge is 0.229 e. The van der Waals surface area contributed by atoms with Gasteiger partial charge < -0.3 is 35.9 Å². The Kier molecular flexibility index (Phi) is 8.71. The molecule has 0 aliphatic carbocycles. The van der Waals surface area contributed by atoms with E-state index in [9.17, 15) is 4.57 Å². The van der Waals surface area contributed by atoms with Crippen LogP contribution < -0.4 is 36.6 Å². The Morgan fingerprint density at radius 3 is 2.50 bits per heavy atom. The first-order valence-electron chi connectivity index (χ1n) is 13.6. The van der Waals surface area contributed by atoms with Gasteiger partial charge in [-0.2, -0.15) is 4.98 Å². The van der Waals surface area contributed by atoms with Crippen molar-refractivity contribution in [2.24, 2.45) is 0 Å². The second-order valence-corrected chi connectivity index (χ2v) is 14.2. The van der Waals surface area contributed by atoms with Crippen molar-refractivity contribution in [3.8, 4) is 5.75 Å². The molecule has 3 aromatic rings. The van der Waals surface area contributed by atoms with Gasteiger partial charge in [-0.1, -0.05) is 23.7 Å². The van der Waals surface area contributed by atoms with Crippen LogP contribution in [-0.2, 0) is 4.57 Å². The number of para-hydroxylation sites is 1. The van der Waals surface area contributed by atoms with Crippen LogP contribution >= 0.6 is 18.7 Å². The third kappa shape index (κ3) is 6.47. The molecular weight excluding hydrogens is 547 g/mol. The molecule has 0 saturated carbocycles. The lowest BCUT2D eigenvalue weighted by Crippen LogP contribution is -2.52. The topological polar surface area (TPSA) is 121 Å². The van der Waals surface area contributed by atoms with E-state index in [2.05, 4.69) is 35.7 Å². The van der Waals surface area contributed by atoms with Gasteiger partial charge in [0.2, 0.25) is 5.95 Å². The number of hydrogen-bond acceptors (Lipinski definition) is 10. The highest BCUT2D eigenvalue weighted by atomic mass is 35.5. The molecular formula is C28H38ClN8O2P. The molecule has 12 heteroatoms. The SMILES string of the molecule is COc1cc(N2CCC(N3CCNCC3)CC2)c(N)cc1Nc1ncc(Cl)c(Nc2ccccc2P(C)(C)=O)n1. The Hall–Kier alpha value is -3.04. The molecule has 40 heavy (non-hydrogen) atoms. The van der Waals surface area contributed by atoms with E-state index in [0.717, 1.165) is 63.1 Å². The minimum atomic E-state index is -2.52. The standard InChI is InChI=1S/C28H38ClN8O2P/c1-39-25-17-24(37-12-8-19(9-13-37)36-14-10-31-11-15-36)21(30)16-23(25)34-28-32-18-20(29)27(35-28)33-22-6-4-5-7-26(22)40(2,3)38/h4-7,16-19,31H,8-15,30H2,1-3H3,(H2,32,33,34,35). The number of piperazine rings is 1. The second kappa shape index (κ2) is 12.2. The van der Waals surface area contributed by atoms with Crippen molar-refractivity contribution >= 4 is 58.6 Å². The average Bonchev–Trinajstić information content (AvgIpc) is 2.95. The molecule has 10 nitrogen and oxygen atoms in total. The van der Waals surface area contributed by atoms with Crippen molar-refractivity contribution < 1.29 is 9.30 Å². The molecule has 5 rings (SSSR count). The van der Waals surface area contributed by atoms with Gasteiger partial charge in [0.1, 0.15) is 17.9 Å². The van der Waals surface area contributed by atoms with Gasteiger partial charge in [-0.25, -0.2) is 4.98 Å². The summed E-state index contributed by atoms with van der Waals surface area (Å²) in [6.45, 7) is 9.75. The highest BCUT2D eigenvalue weighted by Gasteiger charge is 2.27. The molecule has 1 aromatic heterocycles. The lowest BCUT2D eigenvalue weighted by molar-refractivity contribution is 0.150. The molecule has 2 aromatic carbocycles. The quantitative estimate of drug-likeness (QED) is 0.225. The minimum absolute atomic E-state index is 0.322. The summed E-state index contributed by atoms with van der Waals surface area (Å²) in [5.41, 5.74) is 9.54. The van der Waals surface area contributed by atoms with Crippen LogP contribution in [-0.4, -0.2) is 80.6 Å². The Bertz CT molecular complexity index is 1390. The third-order valence-electron chi connectivity index (χ3n) is 7.55. The predicted octanol–water partition coefficient (Wildman–Crippen LogP) is 4.33. The van der Waals surface area contributed by atoms with Gasteiger partial charge >= 0.3 is 0 Å². The fraction of sp³-hybridized carbons (Fsp3) is 0.429. The van der Waals surface area contributed by atoms with Crippen molar-refractivity contribution in [3.63, 3.8) is 0 Å².